The average Bonchev–Trinajstić information content (AvgIpc) is 3.05. The highest BCUT2D eigenvalue weighted by Crippen LogP contribution is 2.17. The lowest BCUT2D eigenvalue weighted by Gasteiger charge is -2.35. The number of amides is 2. The second-order valence-corrected chi connectivity index (χ2v) is 6.28. The number of para-hydroxylation sites is 1. The molecule has 1 atom stereocenters. The van der Waals surface area contributed by atoms with Gasteiger partial charge in [0, 0.05) is 37.1 Å². The van der Waals surface area contributed by atoms with Gasteiger partial charge >= 0.3 is 0 Å². The lowest BCUT2D eigenvalue weighted by atomic mass is 10.1. The van der Waals surface area contributed by atoms with Crippen LogP contribution < -0.4 is 5.73 Å². The minimum absolute atomic E-state index is 0. The van der Waals surface area contributed by atoms with Crippen LogP contribution in [0.25, 0.3) is 10.9 Å². The van der Waals surface area contributed by atoms with E-state index in [1.54, 1.807) is 9.80 Å². The first-order chi connectivity index (χ1) is 11.6. The van der Waals surface area contributed by atoms with Crippen LogP contribution in [0.15, 0.2) is 30.3 Å². The van der Waals surface area contributed by atoms with E-state index < -0.39 is 6.04 Å². The van der Waals surface area contributed by atoms with Crippen LogP contribution >= 0.6 is 12.4 Å². The van der Waals surface area contributed by atoms with Crippen LogP contribution in [-0.4, -0.2) is 58.8 Å². The summed E-state index contributed by atoms with van der Waals surface area (Å²) in [4.78, 5) is 31.6. The lowest BCUT2D eigenvalue weighted by Crippen LogP contribution is -2.54. The molecule has 7 heteroatoms. The number of aromatic amines is 1. The third-order valence-electron chi connectivity index (χ3n) is 4.56. The van der Waals surface area contributed by atoms with Crippen LogP contribution in [0, 0.1) is 0 Å². The number of piperazine rings is 1. The number of aromatic nitrogens is 1. The third-order valence-corrected chi connectivity index (χ3v) is 4.56. The quantitative estimate of drug-likeness (QED) is 0.870. The molecule has 2 aromatic rings. The summed E-state index contributed by atoms with van der Waals surface area (Å²) < 4.78 is 0. The summed E-state index contributed by atoms with van der Waals surface area (Å²) in [7, 11) is 0. The van der Waals surface area contributed by atoms with Gasteiger partial charge in [0.15, 0.2) is 0 Å². The molecule has 6 nitrogen and oxygen atoms in total. The Kier molecular flexibility index (Phi) is 6.45. The fourth-order valence-electron chi connectivity index (χ4n) is 3.16. The SMILES string of the molecule is CCCC(N)C(=O)N1CCN(C(=O)c2cc3ccccc3[nH]2)CC1.Cl. The van der Waals surface area contributed by atoms with Crippen LogP contribution in [0.3, 0.4) is 0 Å². The van der Waals surface area contributed by atoms with Crippen molar-refractivity contribution in [2.45, 2.75) is 25.8 Å². The van der Waals surface area contributed by atoms with Gasteiger partial charge < -0.3 is 20.5 Å². The topological polar surface area (TPSA) is 82.4 Å². The molecule has 1 aromatic carbocycles. The van der Waals surface area contributed by atoms with Crippen molar-refractivity contribution in [1.82, 2.24) is 14.8 Å². The smallest absolute Gasteiger partial charge is 0.270 e. The Hall–Kier alpha value is -2.05. The first-order valence-electron chi connectivity index (χ1n) is 8.51. The summed E-state index contributed by atoms with van der Waals surface area (Å²) in [5.74, 6) is -0.0225. The largest absolute Gasteiger partial charge is 0.351 e. The van der Waals surface area contributed by atoms with E-state index in [0.717, 1.165) is 17.3 Å². The summed E-state index contributed by atoms with van der Waals surface area (Å²) in [5, 5.41) is 1.03. The molecule has 0 bridgehead atoms. The Bertz CT molecular complexity index is 705. The molecule has 2 heterocycles. The molecular formula is C18H25ClN4O2. The van der Waals surface area contributed by atoms with E-state index in [0.29, 0.717) is 38.3 Å². The number of fused-ring (bicyclic) bond motifs is 1. The number of carbonyl (C=O) groups is 2. The van der Waals surface area contributed by atoms with Gasteiger partial charge in [-0.05, 0) is 18.6 Å². The van der Waals surface area contributed by atoms with Gasteiger partial charge in [-0.3, -0.25) is 9.59 Å². The van der Waals surface area contributed by atoms with E-state index in [9.17, 15) is 9.59 Å². The second-order valence-electron chi connectivity index (χ2n) is 6.28. The second kappa shape index (κ2) is 8.36. The van der Waals surface area contributed by atoms with Gasteiger partial charge in [-0.1, -0.05) is 31.5 Å². The fourth-order valence-corrected chi connectivity index (χ4v) is 3.16. The van der Waals surface area contributed by atoms with E-state index >= 15 is 0 Å². The van der Waals surface area contributed by atoms with Crippen molar-refractivity contribution in [2.75, 3.05) is 26.2 Å². The number of rotatable bonds is 4. The van der Waals surface area contributed by atoms with Crippen LogP contribution in [0.4, 0.5) is 0 Å². The summed E-state index contributed by atoms with van der Waals surface area (Å²) in [6, 6.07) is 9.29. The summed E-state index contributed by atoms with van der Waals surface area (Å²) in [6.07, 6.45) is 1.60. The number of nitrogens with two attached hydrogens (primary N) is 1. The Balaban J connectivity index is 0.00000225. The number of nitrogens with one attached hydrogen (secondary N) is 1. The van der Waals surface area contributed by atoms with E-state index in [4.69, 9.17) is 5.73 Å². The minimum atomic E-state index is -0.425. The number of H-pyrrole nitrogens is 1. The molecule has 0 spiro atoms. The Morgan fingerprint density at radius 1 is 1.16 bits per heavy atom. The maximum atomic E-state index is 12.6. The summed E-state index contributed by atoms with van der Waals surface area (Å²) in [5.41, 5.74) is 7.46. The van der Waals surface area contributed by atoms with E-state index in [-0.39, 0.29) is 24.2 Å². The van der Waals surface area contributed by atoms with Crippen molar-refractivity contribution in [2.24, 2.45) is 5.73 Å². The predicted octanol–water partition coefficient (Wildman–Crippen LogP) is 2.00. The van der Waals surface area contributed by atoms with Crippen molar-refractivity contribution in [3.05, 3.63) is 36.0 Å². The summed E-state index contributed by atoms with van der Waals surface area (Å²) >= 11 is 0. The molecule has 1 aromatic heterocycles. The molecular weight excluding hydrogens is 340 g/mol. The zero-order valence-electron chi connectivity index (χ0n) is 14.4. The average molecular weight is 365 g/mol. The molecule has 1 aliphatic rings. The third kappa shape index (κ3) is 4.14. The zero-order valence-corrected chi connectivity index (χ0v) is 15.2. The van der Waals surface area contributed by atoms with Gasteiger partial charge in [0.25, 0.3) is 5.91 Å². The first-order valence-corrected chi connectivity index (χ1v) is 8.51. The molecule has 1 fully saturated rings. The van der Waals surface area contributed by atoms with Crippen molar-refractivity contribution in [3.8, 4) is 0 Å². The summed E-state index contributed by atoms with van der Waals surface area (Å²) in [6.45, 7) is 4.19. The van der Waals surface area contributed by atoms with Crippen LogP contribution in [-0.2, 0) is 4.79 Å². The van der Waals surface area contributed by atoms with Crippen LogP contribution in [0.2, 0.25) is 0 Å². The highest BCUT2D eigenvalue weighted by atomic mass is 35.5. The van der Waals surface area contributed by atoms with Gasteiger partial charge in [-0.15, -0.1) is 12.4 Å². The normalized spacial score (nSPS) is 15.8. The predicted molar refractivity (Wildman–Crippen MR) is 101 cm³/mol. The van der Waals surface area contributed by atoms with Gasteiger partial charge in [-0.25, -0.2) is 0 Å². The van der Waals surface area contributed by atoms with Crippen molar-refractivity contribution in [1.29, 1.82) is 0 Å². The molecule has 0 saturated carbocycles. The molecule has 0 aliphatic carbocycles. The number of hydrogen-bond acceptors (Lipinski definition) is 3. The number of benzene rings is 1. The van der Waals surface area contributed by atoms with Gasteiger partial charge in [-0.2, -0.15) is 0 Å². The maximum Gasteiger partial charge on any atom is 0.270 e. The monoisotopic (exact) mass is 364 g/mol. The first kappa shape index (κ1) is 19.3. The van der Waals surface area contributed by atoms with Gasteiger partial charge in [0.2, 0.25) is 5.91 Å². The molecule has 25 heavy (non-hydrogen) atoms. The molecule has 1 saturated heterocycles. The van der Waals surface area contributed by atoms with Crippen LogP contribution in [0.5, 0.6) is 0 Å². The van der Waals surface area contributed by atoms with E-state index in [1.807, 2.05) is 37.3 Å². The standard InChI is InChI=1S/C18H24N4O2.ClH/c1-2-5-14(19)17(23)21-8-10-22(11-9-21)18(24)16-12-13-6-3-4-7-15(13)20-16;/h3-4,6-7,12,14,20H,2,5,8-11,19H2,1H3;1H. The number of hydrogen-bond donors (Lipinski definition) is 2. The molecule has 1 aliphatic heterocycles. The van der Waals surface area contributed by atoms with Gasteiger partial charge in [0.1, 0.15) is 5.69 Å². The fraction of sp³-hybridized carbons (Fsp3) is 0.444. The molecule has 136 valence electrons. The number of carbonyl (C=O) groups excluding carboxylic acids is 2. The van der Waals surface area contributed by atoms with Gasteiger partial charge in [0.05, 0.1) is 6.04 Å². The molecule has 0 radical (unpaired) electrons. The zero-order chi connectivity index (χ0) is 17.1. The lowest BCUT2D eigenvalue weighted by molar-refractivity contribution is -0.134. The van der Waals surface area contributed by atoms with E-state index in [1.165, 1.54) is 0 Å². The Morgan fingerprint density at radius 3 is 2.44 bits per heavy atom. The van der Waals surface area contributed by atoms with Crippen molar-refractivity contribution >= 4 is 35.1 Å². The molecule has 3 rings (SSSR count). The maximum absolute atomic E-state index is 12.6. The van der Waals surface area contributed by atoms with E-state index in [2.05, 4.69) is 4.98 Å². The van der Waals surface area contributed by atoms with Crippen molar-refractivity contribution in [3.63, 3.8) is 0 Å². The Morgan fingerprint density at radius 2 is 1.80 bits per heavy atom. The molecule has 1 unspecified atom stereocenters. The Labute approximate surface area is 153 Å². The highest BCUT2D eigenvalue weighted by molar-refractivity contribution is 5.98. The molecule has 3 N–H and O–H groups in total. The number of nitrogens with zero attached hydrogens (tertiary/aromatic N) is 2. The van der Waals surface area contributed by atoms with Crippen molar-refractivity contribution < 1.29 is 9.59 Å². The highest BCUT2D eigenvalue weighted by Gasteiger charge is 2.27. The molecule has 2 amide bonds. The van der Waals surface area contributed by atoms with Crippen LogP contribution in [0.1, 0.15) is 30.3 Å². The minimum Gasteiger partial charge on any atom is -0.351 e. The number of halogens is 1.